The van der Waals surface area contributed by atoms with Crippen molar-refractivity contribution in [3.63, 3.8) is 0 Å². The number of alkyl halides is 2. The SMILES string of the molecule is CCC1C(CC(C)=O)C1(F)F. The maximum Gasteiger partial charge on any atom is 0.255 e. The Morgan fingerprint density at radius 2 is 2.00 bits per heavy atom. The van der Waals surface area contributed by atoms with Crippen LogP contribution in [0.2, 0.25) is 0 Å². The van der Waals surface area contributed by atoms with Gasteiger partial charge in [0.1, 0.15) is 5.78 Å². The second-order valence-electron chi connectivity index (χ2n) is 3.20. The fraction of sp³-hybridized carbons (Fsp3) is 0.875. The molecular weight excluding hydrogens is 150 g/mol. The first-order valence-electron chi connectivity index (χ1n) is 3.87. The van der Waals surface area contributed by atoms with Gasteiger partial charge in [0.15, 0.2) is 0 Å². The molecule has 2 atom stereocenters. The zero-order valence-electron chi connectivity index (χ0n) is 6.73. The number of halogens is 2. The van der Waals surface area contributed by atoms with E-state index in [4.69, 9.17) is 0 Å². The molecule has 11 heavy (non-hydrogen) atoms. The monoisotopic (exact) mass is 162 g/mol. The van der Waals surface area contributed by atoms with Crippen LogP contribution in [0.1, 0.15) is 26.7 Å². The molecule has 0 spiro atoms. The number of rotatable bonds is 3. The Balaban J connectivity index is 2.46. The van der Waals surface area contributed by atoms with E-state index >= 15 is 0 Å². The lowest BCUT2D eigenvalue weighted by Crippen LogP contribution is -1.98. The van der Waals surface area contributed by atoms with Crippen molar-refractivity contribution in [3.8, 4) is 0 Å². The molecule has 1 aliphatic carbocycles. The van der Waals surface area contributed by atoms with Crippen LogP contribution in [0, 0.1) is 11.8 Å². The number of hydrogen-bond acceptors (Lipinski definition) is 1. The summed E-state index contributed by atoms with van der Waals surface area (Å²) in [5.41, 5.74) is 0. The van der Waals surface area contributed by atoms with E-state index in [9.17, 15) is 13.6 Å². The fourth-order valence-corrected chi connectivity index (χ4v) is 1.61. The molecule has 0 aromatic heterocycles. The summed E-state index contributed by atoms with van der Waals surface area (Å²) in [7, 11) is 0. The Hall–Kier alpha value is -0.470. The number of hydrogen-bond donors (Lipinski definition) is 0. The van der Waals surface area contributed by atoms with Crippen molar-refractivity contribution >= 4 is 5.78 Å². The molecule has 0 amide bonds. The Morgan fingerprint density at radius 1 is 1.45 bits per heavy atom. The van der Waals surface area contributed by atoms with Crippen LogP contribution in [0.5, 0.6) is 0 Å². The maximum absolute atomic E-state index is 12.7. The average Bonchev–Trinajstić information content (AvgIpc) is 2.33. The molecule has 0 bridgehead atoms. The highest BCUT2D eigenvalue weighted by Gasteiger charge is 2.66. The molecule has 1 nitrogen and oxygen atoms in total. The van der Waals surface area contributed by atoms with E-state index in [0.29, 0.717) is 6.42 Å². The van der Waals surface area contributed by atoms with Crippen molar-refractivity contribution in [3.05, 3.63) is 0 Å². The van der Waals surface area contributed by atoms with Crippen LogP contribution < -0.4 is 0 Å². The minimum atomic E-state index is -2.56. The summed E-state index contributed by atoms with van der Waals surface area (Å²) in [6, 6.07) is 0. The van der Waals surface area contributed by atoms with Crippen molar-refractivity contribution in [2.45, 2.75) is 32.6 Å². The van der Waals surface area contributed by atoms with E-state index in [0.717, 1.165) is 0 Å². The minimum Gasteiger partial charge on any atom is -0.300 e. The molecule has 0 aliphatic heterocycles. The Bertz CT molecular complexity index is 177. The van der Waals surface area contributed by atoms with Crippen LogP contribution in [-0.4, -0.2) is 11.7 Å². The molecule has 1 aliphatic rings. The Kier molecular flexibility index (Phi) is 1.99. The summed E-state index contributed by atoms with van der Waals surface area (Å²) in [4.78, 5) is 10.5. The van der Waals surface area contributed by atoms with Gasteiger partial charge in [-0.15, -0.1) is 0 Å². The topological polar surface area (TPSA) is 17.1 Å². The molecule has 0 saturated heterocycles. The highest BCUT2D eigenvalue weighted by Crippen LogP contribution is 2.58. The zero-order valence-corrected chi connectivity index (χ0v) is 6.73. The second-order valence-corrected chi connectivity index (χ2v) is 3.20. The Labute approximate surface area is 64.8 Å². The smallest absolute Gasteiger partial charge is 0.255 e. The van der Waals surface area contributed by atoms with Gasteiger partial charge in [-0.3, -0.25) is 0 Å². The van der Waals surface area contributed by atoms with Crippen molar-refractivity contribution in [1.82, 2.24) is 0 Å². The third kappa shape index (κ3) is 1.42. The van der Waals surface area contributed by atoms with Gasteiger partial charge in [0.25, 0.3) is 5.92 Å². The third-order valence-corrected chi connectivity index (χ3v) is 2.31. The van der Waals surface area contributed by atoms with Crippen molar-refractivity contribution in [2.24, 2.45) is 11.8 Å². The highest BCUT2D eigenvalue weighted by molar-refractivity contribution is 5.76. The van der Waals surface area contributed by atoms with Crippen LogP contribution in [0.15, 0.2) is 0 Å². The molecule has 3 heteroatoms. The summed E-state index contributed by atoms with van der Waals surface area (Å²) in [5.74, 6) is -3.89. The molecule has 64 valence electrons. The van der Waals surface area contributed by atoms with Gasteiger partial charge in [-0.05, 0) is 13.3 Å². The van der Waals surface area contributed by atoms with Crippen molar-refractivity contribution in [1.29, 1.82) is 0 Å². The maximum atomic E-state index is 12.7. The molecule has 0 aromatic carbocycles. The van der Waals surface area contributed by atoms with Gasteiger partial charge in [0.2, 0.25) is 0 Å². The van der Waals surface area contributed by atoms with E-state index in [2.05, 4.69) is 0 Å². The third-order valence-electron chi connectivity index (χ3n) is 2.31. The fourth-order valence-electron chi connectivity index (χ4n) is 1.61. The van der Waals surface area contributed by atoms with Crippen LogP contribution >= 0.6 is 0 Å². The zero-order chi connectivity index (χ0) is 8.65. The molecule has 0 heterocycles. The first-order chi connectivity index (χ1) is 5.00. The molecule has 1 rings (SSSR count). The number of carbonyl (C=O) groups excluding carboxylic acids is 1. The average molecular weight is 162 g/mol. The largest absolute Gasteiger partial charge is 0.300 e. The molecule has 1 fully saturated rings. The standard InChI is InChI=1S/C8H12F2O/c1-3-6-7(4-5(2)11)8(6,9)10/h6-7H,3-4H2,1-2H3. The molecular formula is C8H12F2O. The van der Waals surface area contributed by atoms with Gasteiger partial charge < -0.3 is 4.79 Å². The molecule has 1 saturated carbocycles. The molecule has 2 unspecified atom stereocenters. The summed E-state index contributed by atoms with van der Waals surface area (Å²) in [6.45, 7) is 3.10. The predicted octanol–water partition coefficient (Wildman–Crippen LogP) is 2.26. The van der Waals surface area contributed by atoms with Crippen LogP contribution in [-0.2, 0) is 4.79 Å². The van der Waals surface area contributed by atoms with Gasteiger partial charge in [-0.2, -0.15) is 0 Å². The van der Waals surface area contributed by atoms with Gasteiger partial charge in [0.05, 0.1) is 0 Å². The Morgan fingerprint density at radius 3 is 2.27 bits per heavy atom. The summed E-state index contributed by atoms with van der Waals surface area (Å²) < 4.78 is 25.3. The normalized spacial score (nSPS) is 33.5. The van der Waals surface area contributed by atoms with Crippen LogP contribution in [0.4, 0.5) is 8.78 Å². The molecule has 0 aromatic rings. The second kappa shape index (κ2) is 2.54. The van der Waals surface area contributed by atoms with E-state index in [1.165, 1.54) is 6.92 Å². The molecule has 0 radical (unpaired) electrons. The summed E-state index contributed by atoms with van der Waals surface area (Å²) in [6.07, 6.45) is 0.524. The molecule has 0 N–H and O–H groups in total. The highest BCUT2D eigenvalue weighted by atomic mass is 19.3. The first-order valence-corrected chi connectivity index (χ1v) is 3.87. The van der Waals surface area contributed by atoms with E-state index in [1.54, 1.807) is 6.92 Å². The van der Waals surface area contributed by atoms with Gasteiger partial charge in [-0.1, -0.05) is 6.92 Å². The minimum absolute atomic E-state index is 0.0471. The van der Waals surface area contributed by atoms with Crippen molar-refractivity contribution < 1.29 is 13.6 Å². The van der Waals surface area contributed by atoms with Gasteiger partial charge in [0, 0.05) is 18.3 Å². The van der Waals surface area contributed by atoms with E-state index in [1.807, 2.05) is 0 Å². The van der Waals surface area contributed by atoms with E-state index < -0.39 is 17.8 Å². The van der Waals surface area contributed by atoms with Crippen LogP contribution in [0.3, 0.4) is 0 Å². The number of Topliss-reactive ketones (excluding diaryl/α,β-unsaturated/α-hetero) is 1. The lowest BCUT2D eigenvalue weighted by molar-refractivity contribution is -0.117. The first kappa shape index (κ1) is 8.62. The van der Waals surface area contributed by atoms with Crippen molar-refractivity contribution in [2.75, 3.05) is 0 Å². The quantitative estimate of drug-likeness (QED) is 0.622. The summed E-state index contributed by atoms with van der Waals surface area (Å²) >= 11 is 0. The van der Waals surface area contributed by atoms with Gasteiger partial charge in [-0.25, -0.2) is 8.78 Å². The summed E-state index contributed by atoms with van der Waals surface area (Å²) in [5, 5.41) is 0. The number of carbonyl (C=O) groups is 1. The van der Waals surface area contributed by atoms with Gasteiger partial charge >= 0.3 is 0 Å². The number of ketones is 1. The lowest BCUT2D eigenvalue weighted by Gasteiger charge is -1.90. The van der Waals surface area contributed by atoms with Crippen LogP contribution in [0.25, 0.3) is 0 Å². The predicted molar refractivity (Wildman–Crippen MR) is 37.5 cm³/mol. The lowest BCUT2D eigenvalue weighted by atomic mass is 10.1. The van der Waals surface area contributed by atoms with E-state index in [-0.39, 0.29) is 12.2 Å².